The maximum atomic E-state index is 12.2. The molecule has 5 nitrogen and oxygen atoms in total. The minimum Gasteiger partial charge on any atom is -0.352 e. The highest BCUT2D eigenvalue weighted by molar-refractivity contribution is 5.95. The zero-order valence-electron chi connectivity index (χ0n) is 11.6. The van der Waals surface area contributed by atoms with Gasteiger partial charge in [-0.1, -0.05) is 0 Å². The summed E-state index contributed by atoms with van der Waals surface area (Å²) in [6, 6.07) is 0. The van der Waals surface area contributed by atoms with Gasteiger partial charge < -0.3 is 16.0 Å². The van der Waals surface area contributed by atoms with Crippen LogP contribution in [0.5, 0.6) is 0 Å². The maximum absolute atomic E-state index is 12.2. The van der Waals surface area contributed by atoms with E-state index in [0.717, 1.165) is 62.2 Å². The standard InChI is InChI=1S/C15H21N3O2/c19-14-8-12-7-11(1-2-13(12)18-14)15(20)17-9-10-3-5-16-6-4-10/h7,10,16H,1-6,8-9H2,(H,17,20)(H,18,19). The molecule has 0 saturated carbocycles. The highest BCUT2D eigenvalue weighted by atomic mass is 16.2. The molecule has 0 aromatic carbocycles. The molecule has 1 saturated heterocycles. The molecule has 1 fully saturated rings. The number of carbonyl (C=O) groups excluding carboxylic acids is 2. The Morgan fingerprint density at radius 1 is 1.30 bits per heavy atom. The zero-order valence-corrected chi connectivity index (χ0v) is 11.6. The number of rotatable bonds is 3. The Bertz CT molecular complexity index is 487. The SMILES string of the molecule is O=C1CC2=C(CCC(C(=O)NCC3CCNCC3)=C2)N1. The lowest BCUT2D eigenvalue weighted by molar-refractivity contribution is -0.119. The lowest BCUT2D eigenvalue weighted by Gasteiger charge is -2.23. The number of hydrogen-bond acceptors (Lipinski definition) is 3. The average molecular weight is 275 g/mol. The van der Waals surface area contributed by atoms with Gasteiger partial charge in [-0.25, -0.2) is 0 Å². The van der Waals surface area contributed by atoms with Gasteiger partial charge in [-0.3, -0.25) is 9.59 Å². The van der Waals surface area contributed by atoms with E-state index >= 15 is 0 Å². The van der Waals surface area contributed by atoms with Crippen molar-refractivity contribution in [1.29, 1.82) is 0 Å². The van der Waals surface area contributed by atoms with Crippen molar-refractivity contribution in [3.8, 4) is 0 Å². The lowest BCUT2D eigenvalue weighted by Crippen LogP contribution is -2.36. The summed E-state index contributed by atoms with van der Waals surface area (Å²) in [6.45, 7) is 2.86. The molecule has 2 amide bonds. The third-order valence-corrected chi connectivity index (χ3v) is 4.32. The van der Waals surface area contributed by atoms with Crippen LogP contribution in [0.2, 0.25) is 0 Å². The maximum Gasteiger partial charge on any atom is 0.247 e. The number of nitrogens with one attached hydrogen (secondary N) is 3. The first-order valence-electron chi connectivity index (χ1n) is 7.44. The van der Waals surface area contributed by atoms with Gasteiger partial charge in [0.25, 0.3) is 0 Å². The smallest absolute Gasteiger partial charge is 0.247 e. The Morgan fingerprint density at radius 3 is 2.90 bits per heavy atom. The van der Waals surface area contributed by atoms with E-state index in [-0.39, 0.29) is 11.8 Å². The Hall–Kier alpha value is -1.62. The van der Waals surface area contributed by atoms with Crippen LogP contribution in [0.3, 0.4) is 0 Å². The minimum absolute atomic E-state index is 0.0365. The largest absolute Gasteiger partial charge is 0.352 e. The van der Waals surface area contributed by atoms with Crippen molar-refractivity contribution in [3.63, 3.8) is 0 Å². The van der Waals surface area contributed by atoms with Crippen LogP contribution in [0.15, 0.2) is 22.9 Å². The molecule has 1 aliphatic carbocycles. The van der Waals surface area contributed by atoms with Crippen molar-refractivity contribution in [2.45, 2.75) is 32.1 Å². The second-order valence-corrected chi connectivity index (χ2v) is 5.80. The molecule has 0 atom stereocenters. The third kappa shape index (κ3) is 2.93. The van der Waals surface area contributed by atoms with Crippen molar-refractivity contribution in [1.82, 2.24) is 16.0 Å². The van der Waals surface area contributed by atoms with Crippen LogP contribution in [0.1, 0.15) is 32.1 Å². The van der Waals surface area contributed by atoms with Crippen LogP contribution < -0.4 is 16.0 Å². The third-order valence-electron chi connectivity index (χ3n) is 4.32. The van der Waals surface area contributed by atoms with Gasteiger partial charge in [-0.15, -0.1) is 0 Å². The molecular formula is C15H21N3O2. The molecule has 5 heteroatoms. The minimum atomic E-state index is 0.0365. The van der Waals surface area contributed by atoms with E-state index in [1.807, 2.05) is 6.08 Å². The van der Waals surface area contributed by atoms with Crippen LogP contribution in [-0.2, 0) is 9.59 Å². The Kier molecular flexibility index (Phi) is 3.87. The number of amides is 2. The van der Waals surface area contributed by atoms with Gasteiger partial charge in [0, 0.05) is 17.8 Å². The van der Waals surface area contributed by atoms with E-state index in [4.69, 9.17) is 0 Å². The summed E-state index contributed by atoms with van der Waals surface area (Å²) in [5.41, 5.74) is 2.81. The second-order valence-electron chi connectivity index (χ2n) is 5.80. The average Bonchev–Trinajstić information content (AvgIpc) is 2.85. The van der Waals surface area contributed by atoms with Crippen LogP contribution >= 0.6 is 0 Å². The van der Waals surface area contributed by atoms with Gasteiger partial charge in [-0.05, 0) is 56.3 Å². The summed E-state index contributed by atoms with van der Waals surface area (Å²) in [5.74, 6) is 0.672. The van der Waals surface area contributed by atoms with Crippen molar-refractivity contribution in [3.05, 3.63) is 22.9 Å². The molecule has 108 valence electrons. The van der Waals surface area contributed by atoms with Crippen LogP contribution in [0.4, 0.5) is 0 Å². The predicted molar refractivity (Wildman–Crippen MR) is 75.7 cm³/mol. The van der Waals surface area contributed by atoms with E-state index in [1.165, 1.54) is 0 Å². The molecular weight excluding hydrogens is 254 g/mol. The van der Waals surface area contributed by atoms with Gasteiger partial charge >= 0.3 is 0 Å². The first-order chi connectivity index (χ1) is 9.72. The van der Waals surface area contributed by atoms with Gasteiger partial charge in [0.15, 0.2) is 0 Å². The summed E-state index contributed by atoms with van der Waals surface area (Å²) in [7, 11) is 0. The summed E-state index contributed by atoms with van der Waals surface area (Å²) < 4.78 is 0. The van der Waals surface area contributed by atoms with Crippen molar-refractivity contribution in [2.24, 2.45) is 5.92 Å². The van der Waals surface area contributed by atoms with E-state index in [9.17, 15) is 9.59 Å². The lowest BCUT2D eigenvalue weighted by atomic mass is 9.95. The molecule has 0 radical (unpaired) electrons. The fraction of sp³-hybridized carbons (Fsp3) is 0.600. The predicted octanol–water partition coefficient (Wildman–Crippen LogP) is 0.596. The monoisotopic (exact) mass is 275 g/mol. The molecule has 3 N–H and O–H groups in total. The molecule has 0 bridgehead atoms. The van der Waals surface area contributed by atoms with Gasteiger partial charge in [0.2, 0.25) is 11.8 Å². The summed E-state index contributed by atoms with van der Waals surface area (Å²) in [6.07, 6.45) is 6.07. The molecule has 0 aromatic rings. The van der Waals surface area contributed by atoms with Crippen LogP contribution in [0, 0.1) is 5.92 Å². The number of allylic oxidation sites excluding steroid dienone is 2. The molecule has 0 unspecified atom stereocenters. The molecule has 2 heterocycles. The number of hydrogen-bond donors (Lipinski definition) is 3. The van der Waals surface area contributed by atoms with Crippen LogP contribution in [-0.4, -0.2) is 31.4 Å². The molecule has 2 aliphatic heterocycles. The molecule has 3 rings (SSSR count). The highest BCUT2D eigenvalue weighted by Gasteiger charge is 2.25. The number of carbonyl (C=O) groups is 2. The Morgan fingerprint density at radius 2 is 2.10 bits per heavy atom. The van der Waals surface area contributed by atoms with Crippen molar-refractivity contribution >= 4 is 11.8 Å². The Labute approximate surface area is 118 Å². The van der Waals surface area contributed by atoms with E-state index in [1.54, 1.807) is 0 Å². The molecule has 20 heavy (non-hydrogen) atoms. The van der Waals surface area contributed by atoms with E-state index < -0.39 is 0 Å². The van der Waals surface area contributed by atoms with Gasteiger partial charge in [0.05, 0.1) is 6.42 Å². The van der Waals surface area contributed by atoms with Crippen LogP contribution in [0.25, 0.3) is 0 Å². The first-order valence-corrected chi connectivity index (χ1v) is 7.44. The van der Waals surface area contributed by atoms with E-state index in [0.29, 0.717) is 12.3 Å². The summed E-state index contributed by atoms with van der Waals surface area (Å²) >= 11 is 0. The highest BCUT2D eigenvalue weighted by Crippen LogP contribution is 2.28. The molecule has 0 spiro atoms. The fourth-order valence-corrected chi connectivity index (χ4v) is 3.09. The van der Waals surface area contributed by atoms with E-state index in [2.05, 4.69) is 16.0 Å². The fourth-order valence-electron chi connectivity index (χ4n) is 3.09. The van der Waals surface area contributed by atoms with Crippen molar-refractivity contribution in [2.75, 3.05) is 19.6 Å². The topological polar surface area (TPSA) is 70.2 Å². The second kappa shape index (κ2) is 5.79. The normalized spacial score (nSPS) is 23.2. The van der Waals surface area contributed by atoms with Gasteiger partial charge in [0.1, 0.15) is 0 Å². The zero-order chi connectivity index (χ0) is 13.9. The van der Waals surface area contributed by atoms with Crippen molar-refractivity contribution < 1.29 is 9.59 Å². The quantitative estimate of drug-likeness (QED) is 0.706. The summed E-state index contributed by atoms with van der Waals surface area (Å²) in [4.78, 5) is 23.5. The number of piperidine rings is 1. The molecule has 0 aromatic heterocycles. The summed E-state index contributed by atoms with van der Waals surface area (Å²) in [5, 5.41) is 9.23. The molecule has 3 aliphatic rings. The Balaban J connectivity index is 1.55. The van der Waals surface area contributed by atoms with Gasteiger partial charge in [-0.2, -0.15) is 0 Å². The first kappa shape index (κ1) is 13.4.